The molecule has 0 aromatic carbocycles. The van der Waals surface area contributed by atoms with Gasteiger partial charge in [-0.3, -0.25) is 4.79 Å². The fraction of sp³-hybridized carbons (Fsp3) is 0.917. The molecule has 2 rings (SSSR count). The number of hydrogen-bond donors (Lipinski definition) is 1. The third-order valence-corrected chi connectivity index (χ3v) is 3.87. The summed E-state index contributed by atoms with van der Waals surface area (Å²) in [7, 11) is 1.66. The lowest BCUT2D eigenvalue weighted by molar-refractivity contribution is -0.136. The first-order valence-electron chi connectivity index (χ1n) is 6.24. The van der Waals surface area contributed by atoms with E-state index in [2.05, 4.69) is 0 Å². The standard InChI is InChI=1S/C12H22N2O2/c1-16-5-4-14(3-2-13)12(15)11-7-9-6-10(9)8-11/h9-11H,2-8,13H2,1H3. The molecule has 2 saturated carbocycles. The lowest BCUT2D eigenvalue weighted by Crippen LogP contribution is -2.41. The molecule has 0 aromatic heterocycles. The highest BCUT2D eigenvalue weighted by molar-refractivity contribution is 5.79. The van der Waals surface area contributed by atoms with E-state index in [4.69, 9.17) is 10.5 Å². The van der Waals surface area contributed by atoms with Gasteiger partial charge in [0, 0.05) is 32.7 Å². The second-order valence-electron chi connectivity index (χ2n) is 5.03. The van der Waals surface area contributed by atoms with Crippen molar-refractivity contribution in [1.82, 2.24) is 4.90 Å². The normalized spacial score (nSPS) is 31.2. The van der Waals surface area contributed by atoms with E-state index in [0.717, 1.165) is 24.7 Å². The molecule has 0 radical (unpaired) electrons. The molecule has 4 nitrogen and oxygen atoms in total. The van der Waals surface area contributed by atoms with Gasteiger partial charge in [0.15, 0.2) is 0 Å². The summed E-state index contributed by atoms with van der Waals surface area (Å²) >= 11 is 0. The molecule has 2 fully saturated rings. The minimum absolute atomic E-state index is 0.271. The van der Waals surface area contributed by atoms with E-state index < -0.39 is 0 Å². The summed E-state index contributed by atoms with van der Waals surface area (Å²) in [6.45, 7) is 2.48. The van der Waals surface area contributed by atoms with Crippen LogP contribution in [0.1, 0.15) is 19.3 Å². The van der Waals surface area contributed by atoms with Gasteiger partial charge in [0.05, 0.1) is 6.61 Å². The van der Waals surface area contributed by atoms with Crippen molar-refractivity contribution >= 4 is 5.91 Å². The summed E-state index contributed by atoms with van der Waals surface area (Å²) in [5.41, 5.74) is 5.54. The van der Waals surface area contributed by atoms with Gasteiger partial charge in [0.2, 0.25) is 5.91 Å². The van der Waals surface area contributed by atoms with Gasteiger partial charge in [-0.1, -0.05) is 0 Å². The summed E-state index contributed by atoms with van der Waals surface area (Å²) in [5.74, 6) is 2.29. The van der Waals surface area contributed by atoms with Crippen molar-refractivity contribution in [2.75, 3.05) is 33.4 Å². The van der Waals surface area contributed by atoms with Gasteiger partial charge in [-0.25, -0.2) is 0 Å². The quantitative estimate of drug-likeness (QED) is 0.716. The van der Waals surface area contributed by atoms with Crippen molar-refractivity contribution < 1.29 is 9.53 Å². The molecule has 1 amide bonds. The van der Waals surface area contributed by atoms with Crippen LogP contribution in [0.4, 0.5) is 0 Å². The van der Waals surface area contributed by atoms with Crippen LogP contribution in [0.2, 0.25) is 0 Å². The van der Waals surface area contributed by atoms with E-state index in [1.807, 2.05) is 4.90 Å². The molecule has 2 unspecified atom stereocenters. The maximum absolute atomic E-state index is 12.2. The Labute approximate surface area is 97.1 Å². The molecule has 0 heterocycles. The van der Waals surface area contributed by atoms with E-state index in [9.17, 15) is 4.79 Å². The van der Waals surface area contributed by atoms with Gasteiger partial charge < -0.3 is 15.4 Å². The monoisotopic (exact) mass is 226 g/mol. The van der Waals surface area contributed by atoms with Crippen LogP contribution in [0.15, 0.2) is 0 Å². The van der Waals surface area contributed by atoms with E-state index in [-0.39, 0.29) is 5.92 Å². The Hall–Kier alpha value is -0.610. The van der Waals surface area contributed by atoms with Crippen molar-refractivity contribution in [1.29, 1.82) is 0 Å². The predicted octanol–water partition coefficient (Wildman–Crippen LogP) is 0.466. The molecule has 0 aromatic rings. The van der Waals surface area contributed by atoms with Crippen LogP contribution in [-0.2, 0) is 9.53 Å². The lowest BCUT2D eigenvalue weighted by atomic mass is 10.0. The summed E-state index contributed by atoms with van der Waals surface area (Å²) in [4.78, 5) is 14.1. The molecular weight excluding hydrogens is 204 g/mol. The lowest BCUT2D eigenvalue weighted by Gasteiger charge is -2.25. The number of rotatable bonds is 6. The smallest absolute Gasteiger partial charge is 0.225 e. The molecule has 16 heavy (non-hydrogen) atoms. The highest BCUT2D eigenvalue weighted by Gasteiger charge is 2.48. The molecule has 92 valence electrons. The first-order chi connectivity index (χ1) is 7.76. The van der Waals surface area contributed by atoms with Gasteiger partial charge in [-0.05, 0) is 31.1 Å². The molecule has 0 bridgehead atoms. The number of ether oxygens (including phenoxy) is 1. The number of fused-ring (bicyclic) bond motifs is 1. The van der Waals surface area contributed by atoms with Gasteiger partial charge in [-0.2, -0.15) is 0 Å². The van der Waals surface area contributed by atoms with Gasteiger partial charge in [0.25, 0.3) is 0 Å². The molecule has 0 saturated heterocycles. The summed E-state index contributed by atoms with van der Waals surface area (Å²) in [5, 5.41) is 0. The Balaban J connectivity index is 1.83. The van der Waals surface area contributed by atoms with Gasteiger partial charge in [-0.15, -0.1) is 0 Å². The van der Waals surface area contributed by atoms with E-state index >= 15 is 0 Å². The zero-order valence-electron chi connectivity index (χ0n) is 10.0. The largest absolute Gasteiger partial charge is 0.383 e. The maximum Gasteiger partial charge on any atom is 0.225 e. The molecule has 4 heteroatoms. The van der Waals surface area contributed by atoms with Crippen LogP contribution in [0.25, 0.3) is 0 Å². The highest BCUT2D eigenvalue weighted by atomic mass is 16.5. The Morgan fingerprint density at radius 1 is 1.31 bits per heavy atom. The molecule has 2 N–H and O–H groups in total. The van der Waals surface area contributed by atoms with Crippen molar-refractivity contribution in [3.8, 4) is 0 Å². The van der Waals surface area contributed by atoms with E-state index in [0.29, 0.717) is 32.1 Å². The number of nitrogens with two attached hydrogens (primary N) is 1. The van der Waals surface area contributed by atoms with Crippen LogP contribution in [-0.4, -0.2) is 44.2 Å². The Kier molecular flexibility index (Phi) is 3.82. The first kappa shape index (κ1) is 11.9. The highest BCUT2D eigenvalue weighted by Crippen LogP contribution is 2.54. The van der Waals surface area contributed by atoms with Crippen molar-refractivity contribution in [3.05, 3.63) is 0 Å². The predicted molar refractivity (Wildman–Crippen MR) is 61.8 cm³/mol. The zero-order chi connectivity index (χ0) is 11.5. The van der Waals surface area contributed by atoms with Crippen molar-refractivity contribution in [2.45, 2.75) is 19.3 Å². The zero-order valence-corrected chi connectivity index (χ0v) is 10.0. The Morgan fingerprint density at radius 3 is 2.56 bits per heavy atom. The average Bonchev–Trinajstić information content (AvgIpc) is 2.90. The third-order valence-electron chi connectivity index (χ3n) is 3.87. The minimum atomic E-state index is 0.271. The third kappa shape index (κ3) is 2.55. The molecular formula is C12H22N2O2. The topological polar surface area (TPSA) is 55.6 Å². The Morgan fingerprint density at radius 2 is 2.00 bits per heavy atom. The van der Waals surface area contributed by atoms with Crippen LogP contribution in [0.3, 0.4) is 0 Å². The summed E-state index contributed by atoms with van der Waals surface area (Å²) < 4.78 is 5.03. The van der Waals surface area contributed by atoms with Crippen LogP contribution in [0.5, 0.6) is 0 Å². The second-order valence-corrected chi connectivity index (χ2v) is 5.03. The SMILES string of the molecule is COCCN(CCN)C(=O)C1CC2CC2C1. The van der Waals surface area contributed by atoms with E-state index in [1.165, 1.54) is 6.42 Å². The summed E-state index contributed by atoms with van der Waals surface area (Å²) in [6.07, 6.45) is 3.58. The number of carbonyl (C=O) groups is 1. The van der Waals surface area contributed by atoms with Crippen molar-refractivity contribution in [2.24, 2.45) is 23.5 Å². The molecule has 0 spiro atoms. The maximum atomic E-state index is 12.2. The minimum Gasteiger partial charge on any atom is -0.383 e. The second kappa shape index (κ2) is 5.15. The fourth-order valence-electron chi connectivity index (χ4n) is 2.86. The number of amides is 1. The molecule has 2 aliphatic rings. The van der Waals surface area contributed by atoms with E-state index in [1.54, 1.807) is 7.11 Å². The van der Waals surface area contributed by atoms with Crippen LogP contribution in [0, 0.1) is 17.8 Å². The number of nitrogens with zero attached hydrogens (tertiary/aromatic N) is 1. The Bertz CT molecular complexity index is 247. The van der Waals surface area contributed by atoms with Gasteiger partial charge in [0.1, 0.15) is 0 Å². The fourth-order valence-corrected chi connectivity index (χ4v) is 2.86. The van der Waals surface area contributed by atoms with Crippen LogP contribution >= 0.6 is 0 Å². The average molecular weight is 226 g/mol. The molecule has 0 aliphatic heterocycles. The van der Waals surface area contributed by atoms with Crippen LogP contribution < -0.4 is 5.73 Å². The molecule has 2 atom stereocenters. The van der Waals surface area contributed by atoms with Gasteiger partial charge >= 0.3 is 0 Å². The number of methoxy groups -OCH3 is 1. The number of hydrogen-bond acceptors (Lipinski definition) is 3. The number of carbonyl (C=O) groups excluding carboxylic acids is 1. The van der Waals surface area contributed by atoms with Crippen molar-refractivity contribution in [3.63, 3.8) is 0 Å². The first-order valence-corrected chi connectivity index (χ1v) is 6.24. The molecule has 2 aliphatic carbocycles. The summed E-state index contributed by atoms with van der Waals surface area (Å²) in [6, 6.07) is 0.